The molecule has 0 radical (unpaired) electrons. The van der Waals surface area contributed by atoms with Crippen LogP contribution in [0.2, 0.25) is 0 Å². The van der Waals surface area contributed by atoms with Crippen molar-refractivity contribution in [2.45, 2.75) is 37.5 Å². The van der Waals surface area contributed by atoms with Gasteiger partial charge in [-0.1, -0.05) is 12.1 Å². The van der Waals surface area contributed by atoms with Gasteiger partial charge in [0.25, 0.3) is 15.9 Å². The Morgan fingerprint density at radius 3 is 2.96 bits per heavy atom. The van der Waals surface area contributed by atoms with Gasteiger partial charge in [-0.3, -0.25) is 4.79 Å². The van der Waals surface area contributed by atoms with E-state index < -0.39 is 10.0 Å². The van der Waals surface area contributed by atoms with E-state index >= 15 is 0 Å². The summed E-state index contributed by atoms with van der Waals surface area (Å²) in [6.07, 6.45) is 3.35. The molecule has 1 unspecified atom stereocenters. The van der Waals surface area contributed by atoms with Crippen LogP contribution in [0.4, 0.5) is 0 Å². The van der Waals surface area contributed by atoms with E-state index in [0.29, 0.717) is 36.6 Å². The Balaban J connectivity index is 1.42. The molecule has 2 atom stereocenters. The first-order chi connectivity index (χ1) is 13.4. The second kappa shape index (κ2) is 7.71. The molecule has 1 aromatic carbocycles. The van der Waals surface area contributed by atoms with Gasteiger partial charge in [0.05, 0.1) is 17.9 Å². The van der Waals surface area contributed by atoms with E-state index in [2.05, 4.69) is 4.40 Å². The Morgan fingerprint density at radius 1 is 1.32 bits per heavy atom. The molecule has 0 aromatic heterocycles. The molecule has 4 rings (SSSR count). The SMILES string of the molecule is NC1=NS(=O)(=O)Cc2cccc(OC[C@H]3CCCN(C(=O)C4CCCO4)C3)c21. The Bertz CT molecular complexity index is 893. The highest BCUT2D eigenvalue weighted by atomic mass is 32.2. The van der Waals surface area contributed by atoms with Gasteiger partial charge in [0.15, 0.2) is 0 Å². The Morgan fingerprint density at radius 2 is 2.18 bits per heavy atom. The molecule has 1 aromatic rings. The summed E-state index contributed by atoms with van der Waals surface area (Å²) in [5, 5.41) is 0. The number of nitrogens with zero attached hydrogens (tertiary/aromatic N) is 2. The molecule has 2 fully saturated rings. The van der Waals surface area contributed by atoms with E-state index in [4.69, 9.17) is 15.2 Å². The number of sulfonamides is 1. The first kappa shape index (κ1) is 19.2. The predicted molar refractivity (Wildman–Crippen MR) is 104 cm³/mol. The van der Waals surface area contributed by atoms with Gasteiger partial charge in [-0.25, -0.2) is 8.42 Å². The molecule has 9 heteroatoms. The number of ether oxygens (including phenoxy) is 2. The van der Waals surface area contributed by atoms with Gasteiger partial charge < -0.3 is 20.1 Å². The van der Waals surface area contributed by atoms with Gasteiger partial charge in [0.2, 0.25) is 0 Å². The molecule has 2 saturated heterocycles. The maximum Gasteiger partial charge on any atom is 0.259 e. The number of piperidine rings is 1. The van der Waals surface area contributed by atoms with E-state index in [1.807, 2.05) is 4.90 Å². The fraction of sp³-hybridized carbons (Fsp3) is 0.579. The Labute approximate surface area is 164 Å². The second-order valence-corrected chi connectivity index (χ2v) is 9.23. The summed E-state index contributed by atoms with van der Waals surface area (Å²) in [7, 11) is -3.57. The number of fused-ring (bicyclic) bond motifs is 1. The van der Waals surface area contributed by atoms with Crippen molar-refractivity contribution in [2.75, 3.05) is 26.3 Å². The van der Waals surface area contributed by atoms with E-state index in [-0.39, 0.29) is 29.5 Å². The van der Waals surface area contributed by atoms with Crippen LogP contribution in [0.3, 0.4) is 0 Å². The van der Waals surface area contributed by atoms with Crippen molar-refractivity contribution in [3.05, 3.63) is 29.3 Å². The largest absolute Gasteiger partial charge is 0.492 e. The maximum absolute atomic E-state index is 12.6. The van der Waals surface area contributed by atoms with Gasteiger partial charge in [-0.05, 0) is 37.3 Å². The standard InChI is InChI=1S/C19H25N3O5S/c20-18-17-14(12-28(24,25)21-18)5-1-6-15(17)27-11-13-4-2-8-22(10-13)19(23)16-7-3-9-26-16/h1,5-6,13,16H,2-4,7-12H2,(H2,20,21)/t13-,16?/m0/s1. The summed E-state index contributed by atoms with van der Waals surface area (Å²) in [6.45, 7) is 2.50. The molecule has 28 heavy (non-hydrogen) atoms. The molecule has 8 nitrogen and oxygen atoms in total. The lowest BCUT2D eigenvalue weighted by atomic mass is 9.98. The first-order valence-electron chi connectivity index (χ1n) is 9.66. The first-order valence-corrected chi connectivity index (χ1v) is 11.3. The van der Waals surface area contributed by atoms with Crippen LogP contribution in [0.15, 0.2) is 22.6 Å². The molecule has 2 N–H and O–H groups in total. The van der Waals surface area contributed by atoms with Crippen LogP contribution in [0, 0.1) is 5.92 Å². The lowest BCUT2D eigenvalue weighted by Crippen LogP contribution is -2.46. The zero-order valence-electron chi connectivity index (χ0n) is 15.7. The lowest BCUT2D eigenvalue weighted by molar-refractivity contribution is -0.143. The minimum absolute atomic E-state index is 0.0318. The molecule has 3 heterocycles. The number of rotatable bonds is 4. The van der Waals surface area contributed by atoms with Crippen molar-refractivity contribution >= 4 is 21.8 Å². The van der Waals surface area contributed by atoms with Crippen LogP contribution in [-0.2, 0) is 25.3 Å². The summed E-state index contributed by atoms with van der Waals surface area (Å²) in [6, 6.07) is 5.26. The lowest BCUT2D eigenvalue weighted by Gasteiger charge is -2.34. The predicted octanol–water partition coefficient (Wildman–Crippen LogP) is 1.03. The number of amides is 1. The highest BCUT2D eigenvalue weighted by Gasteiger charge is 2.32. The molecule has 0 saturated carbocycles. The zero-order valence-corrected chi connectivity index (χ0v) is 16.5. The quantitative estimate of drug-likeness (QED) is 0.798. The molecule has 152 valence electrons. The zero-order chi connectivity index (χ0) is 19.7. The van der Waals surface area contributed by atoms with Crippen LogP contribution < -0.4 is 10.5 Å². The van der Waals surface area contributed by atoms with Crippen LogP contribution in [0.5, 0.6) is 5.75 Å². The van der Waals surface area contributed by atoms with Crippen molar-refractivity contribution in [2.24, 2.45) is 16.0 Å². The van der Waals surface area contributed by atoms with Crippen LogP contribution in [-0.4, -0.2) is 57.5 Å². The average Bonchev–Trinajstić information content (AvgIpc) is 3.19. The summed E-state index contributed by atoms with van der Waals surface area (Å²) in [5.74, 6) is 0.626. The maximum atomic E-state index is 12.6. The molecule has 0 spiro atoms. The summed E-state index contributed by atoms with van der Waals surface area (Å²) in [5.41, 5.74) is 7.04. The fourth-order valence-corrected chi connectivity index (χ4v) is 5.21. The number of benzene rings is 1. The average molecular weight is 407 g/mol. The van der Waals surface area contributed by atoms with Crippen molar-refractivity contribution in [3.8, 4) is 5.75 Å². The number of hydrogen-bond donors (Lipinski definition) is 1. The van der Waals surface area contributed by atoms with E-state index in [1.165, 1.54) is 0 Å². The van der Waals surface area contributed by atoms with Gasteiger partial charge in [-0.15, -0.1) is 4.40 Å². The molecule has 0 aliphatic carbocycles. The van der Waals surface area contributed by atoms with Crippen molar-refractivity contribution < 1.29 is 22.7 Å². The van der Waals surface area contributed by atoms with Gasteiger partial charge >= 0.3 is 0 Å². The summed E-state index contributed by atoms with van der Waals surface area (Å²) >= 11 is 0. The molecular weight excluding hydrogens is 382 g/mol. The Hall–Kier alpha value is -2.13. The van der Waals surface area contributed by atoms with E-state index in [0.717, 1.165) is 32.2 Å². The minimum atomic E-state index is -3.57. The summed E-state index contributed by atoms with van der Waals surface area (Å²) < 4.78 is 38.7. The second-order valence-electron chi connectivity index (χ2n) is 7.60. The highest BCUT2D eigenvalue weighted by Crippen LogP contribution is 2.29. The molecule has 3 aliphatic heterocycles. The van der Waals surface area contributed by atoms with E-state index in [1.54, 1.807) is 18.2 Å². The van der Waals surface area contributed by atoms with Crippen molar-refractivity contribution in [3.63, 3.8) is 0 Å². The molecule has 0 bridgehead atoms. The van der Waals surface area contributed by atoms with Crippen LogP contribution in [0.1, 0.15) is 36.8 Å². The topological polar surface area (TPSA) is 111 Å². The minimum Gasteiger partial charge on any atom is -0.492 e. The van der Waals surface area contributed by atoms with Crippen molar-refractivity contribution in [1.29, 1.82) is 0 Å². The Kier molecular flexibility index (Phi) is 5.29. The number of carbonyl (C=O) groups is 1. The molecular formula is C19H25N3O5S. The summed E-state index contributed by atoms with van der Waals surface area (Å²) in [4.78, 5) is 14.5. The number of hydrogen-bond acceptors (Lipinski definition) is 6. The number of nitrogens with two attached hydrogens (primary N) is 1. The van der Waals surface area contributed by atoms with Gasteiger partial charge in [0.1, 0.15) is 17.7 Å². The third kappa shape index (κ3) is 4.00. The number of amidine groups is 1. The van der Waals surface area contributed by atoms with Crippen molar-refractivity contribution in [1.82, 2.24) is 4.90 Å². The van der Waals surface area contributed by atoms with E-state index in [9.17, 15) is 13.2 Å². The van der Waals surface area contributed by atoms with Gasteiger partial charge in [-0.2, -0.15) is 0 Å². The van der Waals surface area contributed by atoms with Crippen LogP contribution >= 0.6 is 0 Å². The third-order valence-electron chi connectivity index (χ3n) is 5.45. The normalized spacial score (nSPS) is 26.4. The van der Waals surface area contributed by atoms with Crippen LogP contribution in [0.25, 0.3) is 0 Å². The number of likely N-dealkylation sites (tertiary alicyclic amines) is 1. The fourth-order valence-electron chi connectivity index (χ4n) is 4.12. The molecule has 1 amide bonds. The third-order valence-corrected chi connectivity index (χ3v) is 6.60. The molecule has 3 aliphatic rings. The monoisotopic (exact) mass is 407 g/mol. The highest BCUT2D eigenvalue weighted by molar-refractivity contribution is 7.89. The van der Waals surface area contributed by atoms with Gasteiger partial charge in [0, 0.05) is 25.6 Å². The smallest absolute Gasteiger partial charge is 0.259 e. The number of carbonyl (C=O) groups excluding carboxylic acids is 1.